The molecule has 0 unspecified atom stereocenters. The van der Waals surface area contributed by atoms with E-state index in [1.165, 1.54) is 11.1 Å². The van der Waals surface area contributed by atoms with E-state index in [1.807, 2.05) is 18.2 Å². The van der Waals surface area contributed by atoms with Gasteiger partial charge in [0.1, 0.15) is 18.1 Å². The molecular weight excluding hydrogens is 250 g/mol. The first-order valence-corrected chi connectivity index (χ1v) is 7.30. The number of benzene rings is 1. The fourth-order valence-corrected chi connectivity index (χ4v) is 1.98. The van der Waals surface area contributed by atoms with Crippen molar-refractivity contribution in [1.82, 2.24) is 5.32 Å². The quantitative estimate of drug-likeness (QED) is 0.740. The topological polar surface area (TPSA) is 34.4 Å². The molecule has 0 saturated carbocycles. The van der Waals surface area contributed by atoms with Gasteiger partial charge in [-0.15, -0.1) is 0 Å². The molecule has 0 amide bonds. The van der Waals surface area contributed by atoms with E-state index in [2.05, 4.69) is 31.3 Å². The Hall–Kier alpha value is -1.74. The molecule has 0 aliphatic rings. The Morgan fingerprint density at radius 1 is 1.10 bits per heavy atom. The van der Waals surface area contributed by atoms with Crippen molar-refractivity contribution in [3.8, 4) is 5.75 Å². The van der Waals surface area contributed by atoms with Crippen molar-refractivity contribution in [2.45, 2.75) is 39.8 Å². The van der Waals surface area contributed by atoms with Gasteiger partial charge in [0, 0.05) is 12.1 Å². The molecular formula is C17H23NO2. The van der Waals surface area contributed by atoms with Crippen molar-refractivity contribution in [2.75, 3.05) is 6.54 Å². The molecule has 1 aromatic heterocycles. The molecule has 0 bridgehead atoms. The van der Waals surface area contributed by atoms with Gasteiger partial charge in [-0.2, -0.15) is 0 Å². The van der Waals surface area contributed by atoms with Gasteiger partial charge in [0.05, 0.1) is 6.26 Å². The fraction of sp³-hybridized carbons (Fsp3) is 0.412. The summed E-state index contributed by atoms with van der Waals surface area (Å²) >= 11 is 0. The molecule has 0 aliphatic carbocycles. The van der Waals surface area contributed by atoms with Gasteiger partial charge in [-0.05, 0) is 43.1 Å². The Labute approximate surface area is 121 Å². The van der Waals surface area contributed by atoms with E-state index in [9.17, 15) is 0 Å². The maximum Gasteiger partial charge on any atom is 0.146 e. The van der Waals surface area contributed by atoms with Gasteiger partial charge in [0.15, 0.2) is 0 Å². The Morgan fingerprint density at radius 2 is 1.90 bits per heavy atom. The molecule has 0 fully saturated rings. The van der Waals surface area contributed by atoms with Crippen LogP contribution in [0.5, 0.6) is 5.75 Å². The lowest BCUT2D eigenvalue weighted by atomic mass is 10.2. The fourth-order valence-electron chi connectivity index (χ4n) is 1.98. The van der Waals surface area contributed by atoms with Crippen molar-refractivity contribution >= 4 is 0 Å². The maximum absolute atomic E-state index is 5.72. The van der Waals surface area contributed by atoms with Gasteiger partial charge >= 0.3 is 0 Å². The summed E-state index contributed by atoms with van der Waals surface area (Å²) in [5, 5.41) is 3.35. The summed E-state index contributed by atoms with van der Waals surface area (Å²) in [7, 11) is 0. The molecule has 0 aliphatic heterocycles. The second-order valence-corrected chi connectivity index (χ2v) is 4.88. The Balaban J connectivity index is 1.81. The molecule has 0 spiro atoms. The SMILES string of the molecule is CCCNCc1coc(COc2ccc(CC)cc2)c1. The van der Waals surface area contributed by atoms with Crippen LogP contribution < -0.4 is 10.1 Å². The summed E-state index contributed by atoms with van der Waals surface area (Å²) in [4.78, 5) is 0. The third-order valence-electron chi connectivity index (χ3n) is 3.18. The van der Waals surface area contributed by atoms with Crippen LogP contribution in [0.3, 0.4) is 0 Å². The van der Waals surface area contributed by atoms with E-state index in [-0.39, 0.29) is 0 Å². The first-order chi connectivity index (χ1) is 9.81. The number of aryl methyl sites for hydroxylation is 1. The summed E-state index contributed by atoms with van der Waals surface area (Å²) in [6.07, 6.45) is 3.98. The zero-order valence-electron chi connectivity index (χ0n) is 12.3. The molecule has 0 radical (unpaired) electrons. The molecule has 1 heterocycles. The van der Waals surface area contributed by atoms with Crippen molar-refractivity contribution in [2.24, 2.45) is 0 Å². The van der Waals surface area contributed by atoms with E-state index in [4.69, 9.17) is 9.15 Å². The molecule has 108 valence electrons. The number of nitrogens with one attached hydrogen (secondary N) is 1. The molecule has 1 aromatic carbocycles. The molecule has 2 rings (SSSR count). The summed E-state index contributed by atoms with van der Waals surface area (Å²) in [6.45, 7) is 6.65. The first-order valence-electron chi connectivity index (χ1n) is 7.30. The van der Waals surface area contributed by atoms with Crippen LogP contribution in [0.25, 0.3) is 0 Å². The van der Waals surface area contributed by atoms with Gasteiger partial charge in [0.2, 0.25) is 0 Å². The first kappa shape index (κ1) is 14.7. The van der Waals surface area contributed by atoms with Gasteiger partial charge in [-0.25, -0.2) is 0 Å². The lowest BCUT2D eigenvalue weighted by Gasteiger charge is -2.04. The average molecular weight is 273 g/mol. The molecule has 3 nitrogen and oxygen atoms in total. The second-order valence-electron chi connectivity index (χ2n) is 4.88. The van der Waals surface area contributed by atoms with Gasteiger partial charge in [-0.3, -0.25) is 0 Å². The van der Waals surface area contributed by atoms with Crippen LogP contribution in [-0.2, 0) is 19.6 Å². The van der Waals surface area contributed by atoms with Crippen LogP contribution in [0.4, 0.5) is 0 Å². The maximum atomic E-state index is 5.72. The predicted molar refractivity (Wildman–Crippen MR) is 80.9 cm³/mol. The second kappa shape index (κ2) is 7.75. The van der Waals surface area contributed by atoms with Gasteiger partial charge in [-0.1, -0.05) is 26.0 Å². The third kappa shape index (κ3) is 4.42. The lowest BCUT2D eigenvalue weighted by Crippen LogP contribution is -2.13. The van der Waals surface area contributed by atoms with Crippen LogP contribution in [0.15, 0.2) is 41.0 Å². The Bertz CT molecular complexity index is 502. The van der Waals surface area contributed by atoms with Crippen LogP contribution >= 0.6 is 0 Å². The highest BCUT2D eigenvalue weighted by molar-refractivity contribution is 5.27. The zero-order chi connectivity index (χ0) is 14.2. The number of hydrogen-bond donors (Lipinski definition) is 1. The van der Waals surface area contributed by atoms with E-state index >= 15 is 0 Å². The summed E-state index contributed by atoms with van der Waals surface area (Å²) in [5.41, 5.74) is 2.48. The average Bonchev–Trinajstić information content (AvgIpc) is 2.94. The monoisotopic (exact) mass is 273 g/mol. The van der Waals surface area contributed by atoms with Crippen LogP contribution in [0.2, 0.25) is 0 Å². The predicted octanol–water partition coefficient (Wildman–Crippen LogP) is 3.92. The largest absolute Gasteiger partial charge is 0.486 e. The normalized spacial score (nSPS) is 10.7. The van der Waals surface area contributed by atoms with Crippen molar-refractivity contribution in [1.29, 1.82) is 0 Å². The van der Waals surface area contributed by atoms with Crippen molar-refractivity contribution in [3.63, 3.8) is 0 Å². The molecule has 2 aromatic rings. The summed E-state index contributed by atoms with van der Waals surface area (Å²) in [5.74, 6) is 1.74. The minimum atomic E-state index is 0.471. The molecule has 0 atom stereocenters. The minimum Gasteiger partial charge on any atom is -0.486 e. The lowest BCUT2D eigenvalue weighted by molar-refractivity contribution is 0.270. The van der Waals surface area contributed by atoms with E-state index in [0.29, 0.717) is 6.61 Å². The molecule has 3 heteroatoms. The van der Waals surface area contributed by atoms with Gasteiger partial charge < -0.3 is 14.5 Å². The molecule has 0 saturated heterocycles. The van der Waals surface area contributed by atoms with Gasteiger partial charge in [0.25, 0.3) is 0 Å². The highest BCUT2D eigenvalue weighted by atomic mass is 16.5. The van der Waals surface area contributed by atoms with E-state index < -0.39 is 0 Å². The highest BCUT2D eigenvalue weighted by Gasteiger charge is 2.03. The smallest absolute Gasteiger partial charge is 0.146 e. The standard InChI is InChI=1S/C17H23NO2/c1-3-9-18-11-15-10-17(19-12-15)13-20-16-7-5-14(4-2)6-8-16/h5-8,10,12,18H,3-4,9,11,13H2,1-2H3. The zero-order valence-corrected chi connectivity index (χ0v) is 12.3. The minimum absolute atomic E-state index is 0.471. The van der Waals surface area contributed by atoms with Crippen LogP contribution in [0, 0.1) is 0 Å². The van der Waals surface area contributed by atoms with Crippen molar-refractivity contribution in [3.05, 3.63) is 53.5 Å². The van der Waals surface area contributed by atoms with E-state index in [0.717, 1.165) is 37.4 Å². The summed E-state index contributed by atoms with van der Waals surface area (Å²) in [6, 6.07) is 10.2. The van der Waals surface area contributed by atoms with E-state index in [1.54, 1.807) is 6.26 Å². The number of furan rings is 1. The molecule has 20 heavy (non-hydrogen) atoms. The number of rotatable bonds is 8. The van der Waals surface area contributed by atoms with Crippen molar-refractivity contribution < 1.29 is 9.15 Å². The van der Waals surface area contributed by atoms with Crippen LogP contribution in [-0.4, -0.2) is 6.54 Å². The third-order valence-corrected chi connectivity index (χ3v) is 3.18. The number of hydrogen-bond acceptors (Lipinski definition) is 3. The van der Waals surface area contributed by atoms with Crippen LogP contribution in [0.1, 0.15) is 37.2 Å². The number of ether oxygens (including phenoxy) is 1. The Morgan fingerprint density at radius 3 is 2.60 bits per heavy atom. The Kier molecular flexibility index (Phi) is 5.69. The molecule has 1 N–H and O–H groups in total. The highest BCUT2D eigenvalue weighted by Crippen LogP contribution is 2.15. The summed E-state index contributed by atoms with van der Waals surface area (Å²) < 4.78 is 11.2.